The molecule has 0 radical (unpaired) electrons. The monoisotopic (exact) mass is 604 g/mol. The minimum Gasteiger partial charge on any atom is -0.497 e. The number of nitrogens with zero attached hydrogens (tertiary/aromatic N) is 3. The number of hydrogen-bond acceptors (Lipinski definition) is 7. The highest BCUT2D eigenvalue weighted by molar-refractivity contribution is 7.89. The molecule has 3 aromatic carbocycles. The van der Waals surface area contributed by atoms with Gasteiger partial charge in [0.05, 0.1) is 39.0 Å². The molecular formula is C32H36N4O6S. The highest BCUT2D eigenvalue weighted by atomic mass is 32.2. The largest absolute Gasteiger partial charge is 0.497 e. The minimum absolute atomic E-state index is 0.0134. The fourth-order valence-electron chi connectivity index (χ4n) is 4.73. The summed E-state index contributed by atoms with van der Waals surface area (Å²) in [5.74, 6) is 0.864. The van der Waals surface area contributed by atoms with Crippen LogP contribution in [0, 0.1) is 13.8 Å². The van der Waals surface area contributed by atoms with Crippen molar-refractivity contribution in [2.45, 2.75) is 25.2 Å². The first-order chi connectivity index (χ1) is 20.7. The number of carbonyl (C=O) groups is 1. The van der Waals surface area contributed by atoms with Crippen LogP contribution in [0.1, 0.15) is 22.5 Å². The van der Waals surface area contributed by atoms with Crippen LogP contribution in [-0.4, -0.2) is 63.8 Å². The van der Waals surface area contributed by atoms with E-state index in [1.807, 2.05) is 74.5 Å². The van der Waals surface area contributed by atoms with Crippen molar-refractivity contribution in [3.05, 3.63) is 101 Å². The Morgan fingerprint density at radius 2 is 1.60 bits per heavy atom. The average Bonchev–Trinajstić information content (AvgIpc) is 3.31. The second-order valence-corrected chi connectivity index (χ2v) is 11.7. The summed E-state index contributed by atoms with van der Waals surface area (Å²) in [6.45, 7) is 3.60. The van der Waals surface area contributed by atoms with Crippen LogP contribution >= 0.6 is 0 Å². The Labute approximate surface area is 252 Å². The van der Waals surface area contributed by atoms with Gasteiger partial charge >= 0.3 is 0 Å². The number of aryl methyl sites for hydroxylation is 1. The maximum atomic E-state index is 13.7. The van der Waals surface area contributed by atoms with Crippen molar-refractivity contribution in [1.29, 1.82) is 0 Å². The molecule has 1 heterocycles. The lowest BCUT2D eigenvalue weighted by molar-refractivity contribution is -0.121. The first-order valence-electron chi connectivity index (χ1n) is 13.6. The summed E-state index contributed by atoms with van der Waals surface area (Å²) in [4.78, 5) is 13.0. The summed E-state index contributed by atoms with van der Waals surface area (Å²) >= 11 is 0. The first-order valence-corrected chi connectivity index (χ1v) is 15.0. The molecular weight excluding hydrogens is 568 g/mol. The number of rotatable bonds is 13. The van der Waals surface area contributed by atoms with Gasteiger partial charge < -0.3 is 18.8 Å². The Hall–Kier alpha value is -4.61. The molecule has 0 spiro atoms. The predicted octanol–water partition coefficient (Wildman–Crippen LogP) is 4.50. The SMILES string of the molecule is COc1ccc(-n2c(C)cc(/C=N/NC(=O)CN(CCc3ccccc3)S(=O)(=O)c3ccc(OC)c(OC)c3)c2C)cc1. The molecule has 0 fully saturated rings. The molecule has 1 amide bonds. The lowest BCUT2D eigenvalue weighted by Crippen LogP contribution is -2.40. The van der Waals surface area contributed by atoms with Gasteiger partial charge in [0.15, 0.2) is 11.5 Å². The molecule has 43 heavy (non-hydrogen) atoms. The fraction of sp³-hybridized carbons (Fsp3) is 0.250. The van der Waals surface area contributed by atoms with E-state index in [-0.39, 0.29) is 17.2 Å². The van der Waals surface area contributed by atoms with Crippen molar-refractivity contribution in [3.8, 4) is 22.9 Å². The van der Waals surface area contributed by atoms with Crippen LogP contribution in [0.15, 0.2) is 88.9 Å². The molecule has 0 bridgehead atoms. The number of methoxy groups -OCH3 is 3. The lowest BCUT2D eigenvalue weighted by atomic mass is 10.1. The van der Waals surface area contributed by atoms with E-state index in [1.165, 1.54) is 32.4 Å². The van der Waals surface area contributed by atoms with E-state index in [4.69, 9.17) is 14.2 Å². The van der Waals surface area contributed by atoms with Gasteiger partial charge in [0, 0.05) is 35.2 Å². The smallest absolute Gasteiger partial charge is 0.255 e. The summed E-state index contributed by atoms with van der Waals surface area (Å²) in [6.07, 6.45) is 1.97. The Morgan fingerprint density at radius 1 is 0.907 bits per heavy atom. The maximum absolute atomic E-state index is 13.7. The third-order valence-corrected chi connectivity index (χ3v) is 8.84. The summed E-state index contributed by atoms with van der Waals surface area (Å²) < 4.78 is 46.4. The van der Waals surface area contributed by atoms with Gasteiger partial charge in [-0.05, 0) is 68.3 Å². The second-order valence-electron chi connectivity index (χ2n) is 9.74. The van der Waals surface area contributed by atoms with Crippen molar-refractivity contribution >= 4 is 22.1 Å². The van der Waals surface area contributed by atoms with Crippen LogP contribution < -0.4 is 19.6 Å². The molecule has 226 valence electrons. The van der Waals surface area contributed by atoms with E-state index >= 15 is 0 Å². The topological polar surface area (TPSA) is 111 Å². The first kappa shape index (κ1) is 31.3. The van der Waals surface area contributed by atoms with Gasteiger partial charge in [-0.3, -0.25) is 4.79 Å². The van der Waals surface area contributed by atoms with Crippen molar-refractivity contribution in [3.63, 3.8) is 0 Å². The summed E-state index contributed by atoms with van der Waals surface area (Å²) in [5.41, 5.74) is 7.13. The fourth-order valence-corrected chi connectivity index (χ4v) is 6.14. The summed E-state index contributed by atoms with van der Waals surface area (Å²) in [6, 6.07) is 23.5. The number of aromatic nitrogens is 1. The number of hydrogen-bond donors (Lipinski definition) is 1. The molecule has 4 rings (SSSR count). The Morgan fingerprint density at radius 3 is 2.26 bits per heavy atom. The number of ether oxygens (including phenoxy) is 3. The van der Waals surface area contributed by atoms with Gasteiger partial charge in [0.1, 0.15) is 5.75 Å². The normalized spacial score (nSPS) is 11.6. The molecule has 0 saturated carbocycles. The zero-order valence-corrected chi connectivity index (χ0v) is 25.7. The van der Waals surface area contributed by atoms with Gasteiger partial charge in [-0.1, -0.05) is 30.3 Å². The molecule has 0 aliphatic rings. The molecule has 0 atom stereocenters. The third kappa shape index (κ3) is 7.43. The molecule has 10 nitrogen and oxygen atoms in total. The van der Waals surface area contributed by atoms with Crippen LogP contribution in [0.3, 0.4) is 0 Å². The van der Waals surface area contributed by atoms with Crippen LogP contribution in [-0.2, 0) is 21.2 Å². The van der Waals surface area contributed by atoms with Crippen LogP contribution in [0.2, 0.25) is 0 Å². The molecule has 0 aliphatic heterocycles. The molecule has 11 heteroatoms. The highest BCUT2D eigenvalue weighted by Crippen LogP contribution is 2.30. The van der Waals surface area contributed by atoms with Crippen LogP contribution in [0.4, 0.5) is 0 Å². The standard InChI is InChI=1S/C32H36N4O6S/c1-23-19-26(24(2)36(23)27-11-13-28(40-3)14-12-27)21-33-34-32(37)22-35(18-17-25-9-7-6-8-10-25)43(38,39)29-15-16-30(41-4)31(20-29)42-5/h6-16,19-21H,17-18,22H2,1-5H3,(H,34,37)/b33-21+. The van der Waals surface area contributed by atoms with Crippen LogP contribution in [0.5, 0.6) is 17.2 Å². The van der Waals surface area contributed by atoms with E-state index in [1.54, 1.807) is 13.3 Å². The van der Waals surface area contributed by atoms with Gasteiger partial charge in [-0.2, -0.15) is 9.41 Å². The van der Waals surface area contributed by atoms with E-state index in [2.05, 4.69) is 15.1 Å². The Kier molecular flexibility index (Phi) is 10.2. The van der Waals surface area contributed by atoms with E-state index in [0.29, 0.717) is 12.2 Å². The number of benzene rings is 3. The van der Waals surface area contributed by atoms with Gasteiger partial charge in [-0.15, -0.1) is 0 Å². The number of sulfonamides is 1. The minimum atomic E-state index is -4.07. The Balaban J connectivity index is 1.52. The van der Waals surface area contributed by atoms with Crippen molar-refractivity contribution in [2.75, 3.05) is 34.4 Å². The zero-order valence-electron chi connectivity index (χ0n) is 24.9. The van der Waals surface area contributed by atoms with Gasteiger partial charge in [0.2, 0.25) is 10.0 Å². The zero-order chi connectivity index (χ0) is 31.0. The second kappa shape index (κ2) is 14.0. The third-order valence-electron chi connectivity index (χ3n) is 7.00. The average molecular weight is 605 g/mol. The molecule has 0 unspecified atom stereocenters. The van der Waals surface area contributed by atoms with Crippen molar-refractivity contribution < 1.29 is 27.4 Å². The summed E-state index contributed by atoms with van der Waals surface area (Å²) in [7, 11) is 0.454. The highest BCUT2D eigenvalue weighted by Gasteiger charge is 2.28. The number of nitrogens with one attached hydrogen (secondary N) is 1. The number of carbonyl (C=O) groups excluding carboxylic acids is 1. The summed E-state index contributed by atoms with van der Waals surface area (Å²) in [5, 5.41) is 4.14. The quantitative estimate of drug-likeness (QED) is 0.178. The molecule has 1 N–H and O–H groups in total. The molecule has 1 aromatic heterocycles. The van der Waals surface area contributed by atoms with Crippen LogP contribution in [0.25, 0.3) is 5.69 Å². The molecule has 4 aromatic rings. The van der Waals surface area contributed by atoms with Gasteiger partial charge in [-0.25, -0.2) is 13.8 Å². The molecule has 0 aliphatic carbocycles. The van der Waals surface area contributed by atoms with E-state index in [9.17, 15) is 13.2 Å². The van der Waals surface area contributed by atoms with E-state index in [0.717, 1.165) is 38.3 Å². The number of hydrazone groups is 1. The van der Waals surface area contributed by atoms with Crippen molar-refractivity contribution in [2.24, 2.45) is 5.10 Å². The lowest BCUT2D eigenvalue weighted by Gasteiger charge is -2.22. The maximum Gasteiger partial charge on any atom is 0.255 e. The molecule has 0 saturated heterocycles. The van der Waals surface area contributed by atoms with Crippen molar-refractivity contribution in [1.82, 2.24) is 14.3 Å². The Bertz CT molecular complexity index is 1680. The van der Waals surface area contributed by atoms with E-state index < -0.39 is 22.5 Å². The number of amides is 1. The van der Waals surface area contributed by atoms with Gasteiger partial charge in [0.25, 0.3) is 5.91 Å². The predicted molar refractivity (Wildman–Crippen MR) is 166 cm³/mol.